The van der Waals surface area contributed by atoms with Crippen molar-refractivity contribution < 1.29 is 0 Å². The van der Waals surface area contributed by atoms with Crippen molar-refractivity contribution in [2.24, 2.45) is 5.73 Å². The first-order valence-corrected chi connectivity index (χ1v) is 8.27. The van der Waals surface area contributed by atoms with Gasteiger partial charge in [-0.15, -0.1) is 11.3 Å². The van der Waals surface area contributed by atoms with Crippen LogP contribution in [0, 0.1) is 0 Å². The van der Waals surface area contributed by atoms with E-state index in [9.17, 15) is 0 Å². The lowest BCUT2D eigenvalue weighted by Gasteiger charge is -2.35. The Bertz CT molecular complexity index is 572. The van der Waals surface area contributed by atoms with Crippen molar-refractivity contribution in [2.75, 3.05) is 36.0 Å². The van der Waals surface area contributed by atoms with Crippen molar-refractivity contribution in [3.8, 4) is 0 Å². The van der Waals surface area contributed by atoms with Crippen molar-refractivity contribution in [1.82, 2.24) is 9.97 Å². The minimum atomic E-state index is 0.546. The predicted octanol–water partition coefficient (Wildman–Crippen LogP) is 1.89. The number of nitrogens with zero attached hydrogens (tertiary/aromatic N) is 4. The van der Waals surface area contributed by atoms with Crippen molar-refractivity contribution in [1.29, 1.82) is 0 Å². The molecule has 1 aliphatic rings. The fourth-order valence-corrected chi connectivity index (χ4v) is 3.42. The maximum atomic E-state index is 5.61. The van der Waals surface area contributed by atoms with Gasteiger partial charge in [-0.3, -0.25) is 0 Å². The van der Waals surface area contributed by atoms with E-state index in [0.29, 0.717) is 6.54 Å². The zero-order chi connectivity index (χ0) is 14.7. The standard InChI is InChI=1S/C15H21N5S/c1-2-13-11-21-15(18-13)20-7-5-19(6-8-20)14-4-3-12(9-16)10-17-14/h3-4,10-11H,2,5-9,16H2,1H3. The monoisotopic (exact) mass is 303 g/mol. The van der Waals surface area contributed by atoms with Gasteiger partial charge in [-0.1, -0.05) is 13.0 Å². The number of pyridine rings is 1. The number of hydrogen-bond donors (Lipinski definition) is 1. The number of hydrogen-bond acceptors (Lipinski definition) is 6. The van der Waals surface area contributed by atoms with E-state index in [0.717, 1.165) is 49.1 Å². The van der Waals surface area contributed by atoms with Crippen LogP contribution in [0.5, 0.6) is 0 Å². The Kier molecular flexibility index (Phi) is 4.36. The molecule has 2 N–H and O–H groups in total. The lowest BCUT2D eigenvalue weighted by Crippen LogP contribution is -2.46. The van der Waals surface area contributed by atoms with Crippen LogP contribution in [0.1, 0.15) is 18.2 Å². The molecule has 2 aromatic heterocycles. The first-order valence-electron chi connectivity index (χ1n) is 7.39. The van der Waals surface area contributed by atoms with E-state index in [2.05, 4.69) is 44.2 Å². The smallest absolute Gasteiger partial charge is 0.185 e. The summed E-state index contributed by atoms with van der Waals surface area (Å²) < 4.78 is 0. The summed E-state index contributed by atoms with van der Waals surface area (Å²) in [5, 5.41) is 3.31. The Labute approximate surface area is 129 Å². The molecule has 3 rings (SSSR count). The summed E-state index contributed by atoms with van der Waals surface area (Å²) in [6, 6.07) is 4.12. The van der Waals surface area contributed by atoms with Crippen LogP contribution in [-0.2, 0) is 13.0 Å². The van der Waals surface area contributed by atoms with Gasteiger partial charge in [0.25, 0.3) is 0 Å². The highest BCUT2D eigenvalue weighted by Gasteiger charge is 2.20. The Morgan fingerprint density at radius 3 is 2.52 bits per heavy atom. The highest BCUT2D eigenvalue weighted by molar-refractivity contribution is 7.13. The molecule has 1 aliphatic heterocycles. The normalized spacial score (nSPS) is 15.5. The van der Waals surface area contributed by atoms with Gasteiger partial charge in [-0.2, -0.15) is 0 Å². The summed E-state index contributed by atoms with van der Waals surface area (Å²) in [7, 11) is 0. The largest absolute Gasteiger partial charge is 0.353 e. The highest BCUT2D eigenvalue weighted by atomic mass is 32.1. The number of piperazine rings is 1. The van der Waals surface area contributed by atoms with Crippen LogP contribution in [-0.4, -0.2) is 36.1 Å². The molecule has 3 heterocycles. The summed E-state index contributed by atoms with van der Waals surface area (Å²) >= 11 is 1.75. The van der Waals surface area contributed by atoms with E-state index in [-0.39, 0.29) is 0 Å². The average molecular weight is 303 g/mol. The van der Waals surface area contributed by atoms with Gasteiger partial charge < -0.3 is 15.5 Å². The lowest BCUT2D eigenvalue weighted by molar-refractivity contribution is 0.645. The topological polar surface area (TPSA) is 58.3 Å². The molecule has 5 nitrogen and oxygen atoms in total. The van der Waals surface area contributed by atoms with Crippen molar-refractivity contribution in [3.05, 3.63) is 35.0 Å². The second-order valence-corrected chi connectivity index (χ2v) is 6.01. The molecule has 0 saturated carbocycles. The first-order chi connectivity index (χ1) is 10.3. The number of thiazole rings is 1. The van der Waals surface area contributed by atoms with Gasteiger partial charge in [0.15, 0.2) is 5.13 Å². The van der Waals surface area contributed by atoms with Crippen molar-refractivity contribution in [3.63, 3.8) is 0 Å². The summed E-state index contributed by atoms with van der Waals surface area (Å²) in [6.45, 7) is 6.65. The highest BCUT2D eigenvalue weighted by Crippen LogP contribution is 2.23. The van der Waals surface area contributed by atoms with E-state index >= 15 is 0 Å². The molecule has 1 fully saturated rings. The maximum Gasteiger partial charge on any atom is 0.185 e. The quantitative estimate of drug-likeness (QED) is 0.934. The van der Waals surface area contributed by atoms with Crippen LogP contribution in [0.2, 0.25) is 0 Å². The van der Waals surface area contributed by atoms with E-state index in [1.54, 1.807) is 11.3 Å². The molecule has 2 aromatic rings. The van der Waals surface area contributed by atoms with Crippen LogP contribution in [0.25, 0.3) is 0 Å². The molecule has 112 valence electrons. The van der Waals surface area contributed by atoms with Crippen LogP contribution in [0.4, 0.5) is 10.9 Å². The summed E-state index contributed by atoms with van der Waals surface area (Å²) in [6.07, 6.45) is 2.88. The molecule has 0 atom stereocenters. The molecule has 0 radical (unpaired) electrons. The number of aryl methyl sites for hydroxylation is 1. The first kappa shape index (κ1) is 14.3. The van der Waals surface area contributed by atoms with Crippen LogP contribution >= 0.6 is 11.3 Å². The third kappa shape index (κ3) is 3.16. The van der Waals surface area contributed by atoms with Gasteiger partial charge in [0, 0.05) is 44.3 Å². The molecular formula is C15H21N5S. The van der Waals surface area contributed by atoms with Gasteiger partial charge in [0.05, 0.1) is 5.69 Å². The van der Waals surface area contributed by atoms with Crippen LogP contribution in [0.3, 0.4) is 0 Å². The SMILES string of the molecule is CCc1csc(N2CCN(c3ccc(CN)cn3)CC2)n1. The number of anilines is 2. The molecule has 0 aliphatic carbocycles. The fourth-order valence-electron chi connectivity index (χ4n) is 2.46. The fraction of sp³-hybridized carbons (Fsp3) is 0.467. The molecule has 0 spiro atoms. The van der Waals surface area contributed by atoms with E-state index in [1.165, 1.54) is 5.69 Å². The lowest BCUT2D eigenvalue weighted by atomic mass is 10.2. The predicted molar refractivity (Wildman–Crippen MR) is 88.0 cm³/mol. The minimum Gasteiger partial charge on any atom is -0.353 e. The summed E-state index contributed by atoms with van der Waals surface area (Å²) in [5.74, 6) is 1.04. The van der Waals surface area contributed by atoms with Crippen LogP contribution < -0.4 is 15.5 Å². The van der Waals surface area contributed by atoms with E-state index in [4.69, 9.17) is 5.73 Å². The number of nitrogens with two attached hydrogens (primary N) is 1. The number of aromatic nitrogens is 2. The molecule has 1 saturated heterocycles. The van der Waals surface area contributed by atoms with E-state index in [1.807, 2.05) is 6.20 Å². The molecule has 6 heteroatoms. The Morgan fingerprint density at radius 2 is 1.95 bits per heavy atom. The number of rotatable bonds is 4. The molecule has 0 bridgehead atoms. The van der Waals surface area contributed by atoms with Gasteiger partial charge in [0.1, 0.15) is 5.82 Å². The Hall–Kier alpha value is -1.66. The van der Waals surface area contributed by atoms with E-state index < -0.39 is 0 Å². The van der Waals surface area contributed by atoms with Gasteiger partial charge in [-0.05, 0) is 18.1 Å². The van der Waals surface area contributed by atoms with Gasteiger partial charge in [-0.25, -0.2) is 9.97 Å². The molecule has 0 amide bonds. The second-order valence-electron chi connectivity index (χ2n) is 5.18. The van der Waals surface area contributed by atoms with Crippen LogP contribution in [0.15, 0.2) is 23.7 Å². The van der Waals surface area contributed by atoms with Crippen molar-refractivity contribution in [2.45, 2.75) is 19.9 Å². The maximum absolute atomic E-state index is 5.61. The molecular weight excluding hydrogens is 282 g/mol. The summed E-state index contributed by atoms with van der Waals surface area (Å²) in [5.41, 5.74) is 7.88. The Morgan fingerprint density at radius 1 is 1.19 bits per heavy atom. The second kappa shape index (κ2) is 6.41. The van der Waals surface area contributed by atoms with Crippen molar-refractivity contribution >= 4 is 22.3 Å². The summed E-state index contributed by atoms with van der Waals surface area (Å²) in [4.78, 5) is 13.9. The molecule has 21 heavy (non-hydrogen) atoms. The molecule has 0 aromatic carbocycles. The van der Waals surface area contributed by atoms with Gasteiger partial charge in [0.2, 0.25) is 0 Å². The zero-order valence-electron chi connectivity index (χ0n) is 12.3. The minimum absolute atomic E-state index is 0.546. The Balaban J connectivity index is 1.61. The average Bonchev–Trinajstić information content (AvgIpc) is 3.04. The third-order valence-corrected chi connectivity index (χ3v) is 4.77. The molecule has 0 unspecified atom stereocenters. The van der Waals surface area contributed by atoms with Gasteiger partial charge >= 0.3 is 0 Å². The zero-order valence-corrected chi connectivity index (χ0v) is 13.1. The third-order valence-electron chi connectivity index (χ3n) is 3.82.